The van der Waals surface area contributed by atoms with Crippen LogP contribution >= 0.6 is 0 Å². The number of piperidine rings is 1. The van der Waals surface area contributed by atoms with E-state index >= 15 is 0 Å². The van der Waals surface area contributed by atoms with Crippen molar-refractivity contribution in [2.24, 2.45) is 0 Å². The highest BCUT2D eigenvalue weighted by Crippen LogP contribution is 2.35. The SMILES string of the molecule is CC(=O)O.CN1CCN(CC(=O)N2CCC(n3nc(-c4ccc(Oc5ccccc5)cc4)c4c(N)ncnc43)CC2)CC1.CN1CCNCC1. The van der Waals surface area contributed by atoms with Crippen LogP contribution in [0.2, 0.25) is 0 Å². The zero-order chi connectivity index (χ0) is 35.5. The van der Waals surface area contributed by atoms with Gasteiger partial charge in [-0.3, -0.25) is 14.5 Å². The minimum Gasteiger partial charge on any atom is -0.481 e. The van der Waals surface area contributed by atoms with Crippen molar-refractivity contribution in [3.8, 4) is 22.8 Å². The third-order valence-corrected chi connectivity index (χ3v) is 9.08. The molecule has 3 fully saturated rings. The highest BCUT2D eigenvalue weighted by molar-refractivity contribution is 5.98. The van der Waals surface area contributed by atoms with Crippen LogP contribution in [0.1, 0.15) is 25.8 Å². The third-order valence-electron chi connectivity index (χ3n) is 9.08. The molecule has 0 spiro atoms. The van der Waals surface area contributed by atoms with Gasteiger partial charge >= 0.3 is 0 Å². The number of aliphatic carboxylic acids is 1. The van der Waals surface area contributed by atoms with Gasteiger partial charge in [-0.1, -0.05) is 18.2 Å². The number of carboxylic acids is 1. The van der Waals surface area contributed by atoms with Crippen molar-refractivity contribution >= 4 is 28.7 Å². The van der Waals surface area contributed by atoms with Gasteiger partial charge in [0.15, 0.2) is 5.65 Å². The van der Waals surface area contributed by atoms with Crippen molar-refractivity contribution in [3.05, 3.63) is 60.9 Å². The maximum atomic E-state index is 13.0. The van der Waals surface area contributed by atoms with Crippen LogP contribution in [-0.2, 0) is 9.59 Å². The minimum atomic E-state index is -0.833. The zero-order valence-corrected chi connectivity index (χ0v) is 29.4. The summed E-state index contributed by atoms with van der Waals surface area (Å²) in [5.74, 6) is 1.32. The van der Waals surface area contributed by atoms with Crippen LogP contribution in [0.3, 0.4) is 0 Å². The normalized spacial score (nSPS) is 17.7. The second-order valence-corrected chi connectivity index (χ2v) is 13.0. The fourth-order valence-corrected chi connectivity index (χ4v) is 6.19. The van der Waals surface area contributed by atoms with Crippen molar-refractivity contribution in [1.82, 2.24) is 44.7 Å². The summed E-state index contributed by atoms with van der Waals surface area (Å²) in [6.07, 6.45) is 3.13. The number of carbonyl (C=O) groups is 2. The van der Waals surface area contributed by atoms with Crippen molar-refractivity contribution in [3.63, 3.8) is 0 Å². The molecule has 0 aliphatic carbocycles. The molecule has 0 radical (unpaired) electrons. The number of piperazine rings is 2. The van der Waals surface area contributed by atoms with Gasteiger partial charge in [0.25, 0.3) is 5.97 Å². The Bertz CT molecular complexity index is 1660. The molecule has 2 aromatic carbocycles. The van der Waals surface area contributed by atoms with Crippen LogP contribution in [0.5, 0.6) is 11.5 Å². The number of carboxylic acid groups (broad SMARTS) is 1. The van der Waals surface area contributed by atoms with Gasteiger partial charge in [-0.15, -0.1) is 0 Å². The first-order chi connectivity index (χ1) is 24.2. The number of nitrogens with two attached hydrogens (primary N) is 1. The summed E-state index contributed by atoms with van der Waals surface area (Å²) in [5.41, 5.74) is 8.73. The Hall–Kier alpha value is -4.63. The lowest BCUT2D eigenvalue weighted by molar-refractivity contribution is -0.135. The van der Waals surface area contributed by atoms with Gasteiger partial charge in [0.1, 0.15) is 29.3 Å². The molecule has 0 atom stereocenters. The molecule has 50 heavy (non-hydrogen) atoms. The lowest BCUT2D eigenvalue weighted by Crippen LogP contribution is -2.50. The van der Waals surface area contributed by atoms with Crippen molar-refractivity contribution in [2.45, 2.75) is 25.8 Å². The molecule has 4 N–H and O–H groups in total. The Morgan fingerprint density at radius 3 is 2.06 bits per heavy atom. The lowest BCUT2D eigenvalue weighted by atomic mass is 10.0. The highest BCUT2D eigenvalue weighted by Gasteiger charge is 2.29. The molecular formula is C36H50N10O4. The molecular weight excluding hydrogens is 636 g/mol. The largest absolute Gasteiger partial charge is 0.481 e. The van der Waals surface area contributed by atoms with E-state index in [1.807, 2.05) is 64.2 Å². The first-order valence-electron chi connectivity index (χ1n) is 17.3. The molecule has 3 aliphatic rings. The first-order valence-corrected chi connectivity index (χ1v) is 17.3. The molecule has 3 saturated heterocycles. The van der Waals surface area contributed by atoms with E-state index in [2.05, 4.69) is 44.1 Å². The highest BCUT2D eigenvalue weighted by atomic mass is 16.5. The van der Waals surface area contributed by atoms with E-state index in [1.165, 1.54) is 19.4 Å². The second-order valence-electron chi connectivity index (χ2n) is 13.0. The molecule has 4 aromatic rings. The van der Waals surface area contributed by atoms with E-state index in [9.17, 15) is 4.79 Å². The number of hydrogen-bond donors (Lipinski definition) is 3. The average Bonchev–Trinajstić information content (AvgIpc) is 3.51. The summed E-state index contributed by atoms with van der Waals surface area (Å²) in [6, 6.07) is 17.6. The minimum absolute atomic E-state index is 0.129. The maximum Gasteiger partial charge on any atom is 0.300 e. The number of anilines is 1. The van der Waals surface area contributed by atoms with Crippen LogP contribution in [0.25, 0.3) is 22.3 Å². The standard InChI is InChI=1S/C29H34N8O2.C5H12N2.C2H4O2/c1-34-15-17-35(18-16-34)19-25(38)36-13-11-22(12-14-36)37-29-26(28(30)31-20-32-29)27(33-37)21-7-9-24(10-8-21)39-23-5-3-2-4-6-23;1-7-4-2-6-3-5-7;1-2(3)4/h2-10,20,22H,11-19H2,1H3,(H2,30,31,32);6H,2-5H2,1H3;1H3,(H,3,4). The quantitative estimate of drug-likeness (QED) is 0.273. The number of hydrogen-bond acceptors (Lipinski definition) is 11. The van der Waals surface area contributed by atoms with Gasteiger partial charge in [-0.2, -0.15) is 5.10 Å². The fraction of sp³-hybridized carbons (Fsp3) is 0.472. The Morgan fingerprint density at radius 1 is 0.860 bits per heavy atom. The molecule has 0 saturated carbocycles. The lowest BCUT2D eigenvalue weighted by Gasteiger charge is -2.36. The monoisotopic (exact) mass is 686 g/mol. The zero-order valence-electron chi connectivity index (χ0n) is 29.4. The second kappa shape index (κ2) is 17.9. The van der Waals surface area contributed by atoms with Gasteiger partial charge in [-0.25, -0.2) is 14.6 Å². The van der Waals surface area contributed by atoms with E-state index in [0.29, 0.717) is 25.5 Å². The molecule has 0 bridgehead atoms. The van der Waals surface area contributed by atoms with Crippen LogP contribution in [0, 0.1) is 0 Å². The maximum absolute atomic E-state index is 13.0. The molecule has 14 heteroatoms. The molecule has 3 aliphatic heterocycles. The summed E-state index contributed by atoms with van der Waals surface area (Å²) in [6.45, 7) is 11.7. The molecule has 0 unspecified atom stereocenters. The van der Waals surface area contributed by atoms with Crippen LogP contribution in [0.15, 0.2) is 60.9 Å². The number of aromatic nitrogens is 4. The molecule has 14 nitrogen and oxygen atoms in total. The number of fused-ring (bicyclic) bond motifs is 1. The van der Waals surface area contributed by atoms with Gasteiger partial charge in [0.05, 0.1) is 18.0 Å². The number of ether oxygens (including phenoxy) is 1. The number of para-hydroxylation sites is 1. The van der Waals surface area contributed by atoms with Crippen LogP contribution in [0.4, 0.5) is 5.82 Å². The average molecular weight is 687 g/mol. The van der Waals surface area contributed by atoms with Gasteiger partial charge < -0.3 is 35.6 Å². The van der Waals surface area contributed by atoms with E-state index in [1.54, 1.807) is 0 Å². The number of nitrogen functional groups attached to an aromatic ring is 1. The smallest absolute Gasteiger partial charge is 0.300 e. The van der Waals surface area contributed by atoms with Crippen LogP contribution in [-0.4, -0.2) is 142 Å². The van der Waals surface area contributed by atoms with E-state index in [-0.39, 0.29) is 11.9 Å². The van der Waals surface area contributed by atoms with Crippen molar-refractivity contribution in [2.75, 3.05) is 91.8 Å². The number of amides is 1. The predicted molar refractivity (Wildman–Crippen MR) is 194 cm³/mol. The number of nitrogens with one attached hydrogen (secondary N) is 1. The van der Waals surface area contributed by atoms with E-state index in [4.69, 9.17) is 25.5 Å². The summed E-state index contributed by atoms with van der Waals surface area (Å²) in [4.78, 5) is 39.7. The molecule has 2 aromatic heterocycles. The summed E-state index contributed by atoms with van der Waals surface area (Å²) in [7, 11) is 4.28. The Labute approximate surface area is 293 Å². The summed E-state index contributed by atoms with van der Waals surface area (Å²) in [5, 5.41) is 16.4. The number of benzene rings is 2. The number of likely N-dealkylation sites (tertiary alicyclic amines) is 1. The van der Waals surface area contributed by atoms with Crippen LogP contribution < -0.4 is 15.8 Å². The Balaban J connectivity index is 0.000000381. The fourth-order valence-electron chi connectivity index (χ4n) is 6.19. The van der Waals surface area contributed by atoms with E-state index in [0.717, 1.165) is 92.8 Å². The number of nitrogens with zero attached hydrogens (tertiary/aromatic N) is 8. The molecule has 5 heterocycles. The predicted octanol–water partition coefficient (Wildman–Crippen LogP) is 2.89. The first kappa shape index (κ1) is 36.6. The number of likely N-dealkylation sites (N-methyl/N-ethyl adjacent to an activating group) is 2. The topological polar surface area (TPSA) is 158 Å². The molecule has 7 rings (SSSR count). The van der Waals surface area contributed by atoms with E-state index < -0.39 is 5.97 Å². The summed E-state index contributed by atoms with van der Waals surface area (Å²) < 4.78 is 7.94. The number of carbonyl (C=O) groups excluding carboxylic acids is 1. The number of rotatable bonds is 6. The van der Waals surface area contributed by atoms with Crippen molar-refractivity contribution in [1.29, 1.82) is 0 Å². The van der Waals surface area contributed by atoms with Crippen molar-refractivity contribution < 1.29 is 19.4 Å². The molecule has 1 amide bonds. The van der Waals surface area contributed by atoms with Gasteiger partial charge in [-0.05, 0) is 63.3 Å². The molecule has 268 valence electrons. The van der Waals surface area contributed by atoms with Gasteiger partial charge in [0, 0.05) is 77.9 Å². The Morgan fingerprint density at radius 2 is 1.46 bits per heavy atom. The third kappa shape index (κ3) is 10.2. The summed E-state index contributed by atoms with van der Waals surface area (Å²) >= 11 is 0. The van der Waals surface area contributed by atoms with Gasteiger partial charge in [0.2, 0.25) is 5.91 Å². The Kier molecular flexibility index (Phi) is 13.1.